The van der Waals surface area contributed by atoms with Gasteiger partial charge < -0.3 is 14.5 Å². The van der Waals surface area contributed by atoms with Gasteiger partial charge in [-0.3, -0.25) is 9.59 Å². The van der Waals surface area contributed by atoms with Crippen molar-refractivity contribution in [1.82, 2.24) is 9.80 Å². The highest BCUT2D eigenvalue weighted by molar-refractivity contribution is 6.30. The number of rotatable bonds is 7. The predicted octanol–water partition coefficient (Wildman–Crippen LogP) is 4.37. The van der Waals surface area contributed by atoms with Crippen LogP contribution in [0.5, 0.6) is 0 Å². The smallest absolute Gasteiger partial charge is 0.290 e. The molecule has 0 radical (unpaired) electrons. The summed E-state index contributed by atoms with van der Waals surface area (Å²) >= 11 is 6.10. The number of fused-ring (bicyclic) bond motifs is 1. The maximum Gasteiger partial charge on any atom is 0.290 e. The Balaban J connectivity index is 1.64. The Morgan fingerprint density at radius 1 is 1.10 bits per heavy atom. The summed E-state index contributed by atoms with van der Waals surface area (Å²) in [6.07, 6.45) is 4.53. The highest BCUT2D eigenvalue weighted by Gasteiger charge is 2.51. The lowest BCUT2D eigenvalue weighted by Crippen LogP contribution is -2.39. The molecule has 0 aromatic heterocycles. The fourth-order valence-electron chi connectivity index (χ4n) is 5.12. The first-order valence-electron chi connectivity index (χ1n) is 11.3. The van der Waals surface area contributed by atoms with Crippen molar-refractivity contribution < 1.29 is 14.3 Å². The number of ether oxygens (including phenoxy) is 1. The third-order valence-corrected chi connectivity index (χ3v) is 7.06. The van der Waals surface area contributed by atoms with E-state index in [2.05, 4.69) is 18.7 Å². The number of carbonyl (C=O) groups excluding carboxylic acids is 2. The van der Waals surface area contributed by atoms with Gasteiger partial charge in [0.25, 0.3) is 5.91 Å². The van der Waals surface area contributed by atoms with Crippen molar-refractivity contribution in [2.24, 2.45) is 5.92 Å². The molecule has 30 heavy (non-hydrogen) atoms. The molecule has 4 rings (SSSR count). The Labute approximate surface area is 184 Å². The second kappa shape index (κ2) is 9.11. The van der Waals surface area contributed by atoms with Gasteiger partial charge in [-0.2, -0.15) is 0 Å². The molecule has 3 atom stereocenters. The lowest BCUT2D eigenvalue weighted by Gasteiger charge is -2.35. The first-order valence-corrected chi connectivity index (χ1v) is 11.7. The molecule has 2 aliphatic heterocycles. The summed E-state index contributed by atoms with van der Waals surface area (Å²) in [5.41, 5.74) is 1.49. The predicted molar refractivity (Wildman–Crippen MR) is 117 cm³/mol. The molecule has 1 amide bonds. The molecule has 0 saturated heterocycles. The number of amides is 1. The monoisotopic (exact) mass is 430 g/mol. The van der Waals surface area contributed by atoms with Crippen LogP contribution in [0, 0.1) is 5.92 Å². The zero-order valence-electron chi connectivity index (χ0n) is 17.9. The van der Waals surface area contributed by atoms with Crippen molar-refractivity contribution in [2.75, 3.05) is 26.2 Å². The maximum absolute atomic E-state index is 13.5. The summed E-state index contributed by atoms with van der Waals surface area (Å²) in [5, 5.41) is 0.643. The van der Waals surface area contributed by atoms with Crippen LogP contribution >= 0.6 is 11.6 Å². The molecule has 1 aromatic carbocycles. The first-order chi connectivity index (χ1) is 14.5. The molecule has 1 fully saturated rings. The van der Waals surface area contributed by atoms with Crippen molar-refractivity contribution in [3.8, 4) is 0 Å². The normalized spacial score (nSPS) is 26.1. The molecule has 3 aliphatic rings. The number of Topliss-reactive ketones (excluding diaryl/α,β-unsaturated/α-hetero) is 1. The average Bonchev–Trinajstić information content (AvgIpc) is 3.04. The van der Waals surface area contributed by atoms with Gasteiger partial charge in [-0.15, -0.1) is 0 Å². The Bertz CT molecular complexity index is 831. The highest BCUT2D eigenvalue weighted by Crippen LogP contribution is 2.46. The quantitative estimate of drug-likeness (QED) is 0.644. The lowest BCUT2D eigenvalue weighted by molar-refractivity contribution is -0.135. The molecule has 0 N–H and O–H groups in total. The minimum Gasteiger partial charge on any atom is -0.483 e. The van der Waals surface area contributed by atoms with E-state index in [1.54, 1.807) is 0 Å². The molecule has 0 bridgehead atoms. The van der Waals surface area contributed by atoms with Gasteiger partial charge in [0.15, 0.2) is 11.5 Å². The second-order valence-electron chi connectivity index (χ2n) is 8.49. The molecule has 0 spiro atoms. The summed E-state index contributed by atoms with van der Waals surface area (Å²) in [6.45, 7) is 7.80. The van der Waals surface area contributed by atoms with Gasteiger partial charge in [0, 0.05) is 11.6 Å². The van der Waals surface area contributed by atoms with Crippen LogP contribution in [0.4, 0.5) is 0 Å². The molecule has 162 valence electrons. The summed E-state index contributed by atoms with van der Waals surface area (Å²) in [7, 11) is 0. The molecule has 3 unspecified atom stereocenters. The van der Waals surface area contributed by atoms with E-state index < -0.39 is 0 Å². The van der Waals surface area contributed by atoms with Crippen molar-refractivity contribution in [2.45, 2.75) is 58.1 Å². The van der Waals surface area contributed by atoms with E-state index in [9.17, 15) is 9.59 Å². The van der Waals surface area contributed by atoms with Gasteiger partial charge in [0.1, 0.15) is 6.10 Å². The topological polar surface area (TPSA) is 49.9 Å². The van der Waals surface area contributed by atoms with Crippen LogP contribution < -0.4 is 0 Å². The SMILES string of the molecule is CCN(CC)CCCN1C(=O)C2=C(C(=O)C3CCCCC3O2)C1c1ccc(Cl)cc1. The summed E-state index contributed by atoms with van der Waals surface area (Å²) < 4.78 is 6.20. The highest BCUT2D eigenvalue weighted by atomic mass is 35.5. The number of benzene rings is 1. The van der Waals surface area contributed by atoms with Crippen LogP contribution in [-0.4, -0.2) is 53.8 Å². The van der Waals surface area contributed by atoms with Crippen LogP contribution in [-0.2, 0) is 14.3 Å². The van der Waals surface area contributed by atoms with Crippen LogP contribution in [0.1, 0.15) is 57.6 Å². The van der Waals surface area contributed by atoms with E-state index in [0.717, 1.165) is 57.3 Å². The number of hydrogen-bond acceptors (Lipinski definition) is 4. The first kappa shape index (κ1) is 21.4. The summed E-state index contributed by atoms with van der Waals surface area (Å²) in [4.78, 5) is 31.1. The molecular weight excluding hydrogens is 400 g/mol. The van der Waals surface area contributed by atoms with Crippen molar-refractivity contribution in [3.05, 3.63) is 46.2 Å². The standard InChI is InChI=1S/C24H31ClN2O3/c1-3-26(4-2)14-7-15-27-21(16-10-12-17(25)13-11-16)20-22(28)18-8-5-6-9-19(18)30-23(20)24(27)29/h10-13,18-19,21H,3-9,14-15H2,1-2H3. The fraction of sp³-hybridized carbons (Fsp3) is 0.583. The summed E-state index contributed by atoms with van der Waals surface area (Å²) in [6, 6.07) is 7.12. The zero-order chi connectivity index (χ0) is 21.3. The van der Waals surface area contributed by atoms with Gasteiger partial charge in [0.05, 0.1) is 17.5 Å². The van der Waals surface area contributed by atoms with Gasteiger partial charge in [-0.25, -0.2) is 0 Å². The van der Waals surface area contributed by atoms with Gasteiger partial charge in [-0.05, 0) is 63.0 Å². The Hall–Kier alpha value is -1.85. The third-order valence-electron chi connectivity index (χ3n) is 6.81. The number of halogens is 1. The molecule has 1 saturated carbocycles. The minimum atomic E-state index is -0.378. The second-order valence-corrected chi connectivity index (χ2v) is 8.92. The van der Waals surface area contributed by atoms with Crippen LogP contribution in [0.3, 0.4) is 0 Å². The number of carbonyl (C=O) groups is 2. The number of ketones is 1. The largest absolute Gasteiger partial charge is 0.483 e. The minimum absolute atomic E-state index is 0.112. The molecule has 1 aromatic rings. The van der Waals surface area contributed by atoms with E-state index in [4.69, 9.17) is 16.3 Å². The molecular formula is C24H31ClN2O3. The van der Waals surface area contributed by atoms with Gasteiger partial charge >= 0.3 is 0 Å². The van der Waals surface area contributed by atoms with Crippen LogP contribution in [0.2, 0.25) is 5.02 Å². The molecule has 5 nitrogen and oxygen atoms in total. The van der Waals surface area contributed by atoms with Gasteiger partial charge in [0.2, 0.25) is 0 Å². The molecule has 6 heteroatoms. The zero-order valence-corrected chi connectivity index (χ0v) is 18.7. The Kier molecular flexibility index (Phi) is 6.49. The third kappa shape index (κ3) is 3.90. The lowest BCUT2D eigenvalue weighted by atomic mass is 9.77. The van der Waals surface area contributed by atoms with E-state index in [1.807, 2.05) is 29.2 Å². The van der Waals surface area contributed by atoms with Gasteiger partial charge in [-0.1, -0.05) is 44.0 Å². The summed E-state index contributed by atoms with van der Waals surface area (Å²) in [5.74, 6) is 0.157. The maximum atomic E-state index is 13.5. The van der Waals surface area contributed by atoms with E-state index in [-0.39, 0.29) is 29.8 Å². The number of nitrogens with zero attached hydrogens (tertiary/aromatic N) is 2. The molecule has 2 heterocycles. The Morgan fingerprint density at radius 2 is 1.80 bits per heavy atom. The van der Waals surface area contributed by atoms with E-state index in [1.165, 1.54) is 0 Å². The van der Waals surface area contributed by atoms with Crippen LogP contribution in [0.25, 0.3) is 0 Å². The Morgan fingerprint density at radius 3 is 2.50 bits per heavy atom. The van der Waals surface area contributed by atoms with Crippen molar-refractivity contribution >= 4 is 23.3 Å². The van der Waals surface area contributed by atoms with Crippen molar-refractivity contribution in [1.29, 1.82) is 0 Å². The fourth-order valence-corrected chi connectivity index (χ4v) is 5.25. The van der Waals surface area contributed by atoms with Crippen molar-refractivity contribution in [3.63, 3.8) is 0 Å². The number of hydrogen-bond donors (Lipinski definition) is 0. The molecule has 1 aliphatic carbocycles. The van der Waals surface area contributed by atoms with Crippen LogP contribution in [0.15, 0.2) is 35.6 Å². The average molecular weight is 431 g/mol. The van der Waals surface area contributed by atoms with E-state index in [0.29, 0.717) is 22.9 Å². The van der Waals surface area contributed by atoms with E-state index >= 15 is 0 Å².